The Bertz CT molecular complexity index is 323. The number of halogens is 1. The molecule has 0 saturated carbocycles. The molecular weight excluding hydrogens is 213 g/mol. The zero-order chi connectivity index (χ0) is 12.9. The van der Waals surface area contributed by atoms with E-state index < -0.39 is 0 Å². The van der Waals surface area contributed by atoms with Crippen molar-refractivity contribution in [3.63, 3.8) is 0 Å². The maximum atomic E-state index is 13.0. The number of hydrogen-bond acceptors (Lipinski definition) is 1. The average Bonchev–Trinajstić information content (AvgIpc) is 2.29. The van der Waals surface area contributed by atoms with E-state index in [1.165, 1.54) is 5.56 Å². The number of likely N-dealkylation sites (N-methyl/N-ethyl adjacent to an activating group) is 1. The molecule has 1 nitrogen and oxygen atoms in total. The van der Waals surface area contributed by atoms with Gasteiger partial charge in [-0.1, -0.05) is 46.2 Å². The van der Waals surface area contributed by atoms with Gasteiger partial charge in [-0.2, -0.15) is 0 Å². The first kappa shape index (κ1) is 14.2. The summed E-state index contributed by atoms with van der Waals surface area (Å²) in [7, 11) is 0. The van der Waals surface area contributed by atoms with Crippen molar-refractivity contribution < 1.29 is 4.39 Å². The highest BCUT2D eigenvalue weighted by molar-refractivity contribution is 5.26. The van der Waals surface area contributed by atoms with Gasteiger partial charge >= 0.3 is 0 Å². The van der Waals surface area contributed by atoms with Crippen LogP contribution >= 0.6 is 0 Å². The van der Waals surface area contributed by atoms with Crippen molar-refractivity contribution in [1.29, 1.82) is 0 Å². The molecule has 0 saturated heterocycles. The Labute approximate surface area is 104 Å². The molecule has 1 rings (SSSR count). The highest BCUT2D eigenvalue weighted by Crippen LogP contribution is 2.29. The van der Waals surface area contributed by atoms with Crippen molar-refractivity contribution in [2.75, 3.05) is 6.54 Å². The van der Waals surface area contributed by atoms with Crippen molar-refractivity contribution in [2.24, 2.45) is 0 Å². The van der Waals surface area contributed by atoms with Gasteiger partial charge in [0, 0.05) is 11.5 Å². The van der Waals surface area contributed by atoms with Crippen LogP contribution in [-0.2, 0) is 5.41 Å². The van der Waals surface area contributed by atoms with Crippen LogP contribution in [0, 0.1) is 5.82 Å². The van der Waals surface area contributed by atoms with Crippen LogP contribution in [0.2, 0.25) is 0 Å². The largest absolute Gasteiger partial charge is 0.313 e. The van der Waals surface area contributed by atoms with E-state index in [1.54, 1.807) is 12.1 Å². The lowest BCUT2D eigenvalue weighted by Crippen LogP contribution is -2.44. The lowest BCUT2D eigenvalue weighted by molar-refractivity contribution is 0.325. The SMILES string of the molecule is CCCC(NCC)C(C)(C)c1ccc(F)cc1. The summed E-state index contributed by atoms with van der Waals surface area (Å²) in [6.45, 7) is 9.75. The normalized spacial score (nSPS) is 13.7. The van der Waals surface area contributed by atoms with E-state index in [4.69, 9.17) is 0 Å². The van der Waals surface area contributed by atoms with Crippen LogP contribution in [0.25, 0.3) is 0 Å². The number of hydrogen-bond donors (Lipinski definition) is 1. The number of nitrogens with one attached hydrogen (secondary N) is 1. The van der Waals surface area contributed by atoms with Crippen LogP contribution in [0.3, 0.4) is 0 Å². The second-order valence-electron chi connectivity index (χ2n) is 5.13. The highest BCUT2D eigenvalue weighted by Gasteiger charge is 2.29. The van der Waals surface area contributed by atoms with Crippen molar-refractivity contribution in [1.82, 2.24) is 5.32 Å². The van der Waals surface area contributed by atoms with E-state index in [9.17, 15) is 4.39 Å². The minimum Gasteiger partial charge on any atom is -0.313 e. The van der Waals surface area contributed by atoms with Gasteiger partial charge in [0.2, 0.25) is 0 Å². The molecule has 0 fully saturated rings. The minimum absolute atomic E-state index is 0.0275. The summed E-state index contributed by atoms with van der Waals surface area (Å²) in [5.74, 6) is -0.167. The summed E-state index contributed by atoms with van der Waals surface area (Å²) in [6, 6.07) is 7.32. The summed E-state index contributed by atoms with van der Waals surface area (Å²) < 4.78 is 13.0. The molecule has 1 unspecified atom stereocenters. The van der Waals surface area contributed by atoms with Crippen LogP contribution in [-0.4, -0.2) is 12.6 Å². The van der Waals surface area contributed by atoms with Crippen LogP contribution in [0.4, 0.5) is 4.39 Å². The highest BCUT2D eigenvalue weighted by atomic mass is 19.1. The number of benzene rings is 1. The van der Waals surface area contributed by atoms with Gasteiger partial charge in [0.25, 0.3) is 0 Å². The first-order valence-electron chi connectivity index (χ1n) is 6.51. The minimum atomic E-state index is -0.167. The lowest BCUT2D eigenvalue weighted by atomic mass is 9.76. The molecule has 17 heavy (non-hydrogen) atoms. The molecular formula is C15H24FN. The Balaban J connectivity index is 2.93. The molecule has 0 radical (unpaired) electrons. The molecule has 0 spiro atoms. The van der Waals surface area contributed by atoms with Crippen LogP contribution in [0.15, 0.2) is 24.3 Å². The lowest BCUT2D eigenvalue weighted by Gasteiger charge is -2.35. The molecule has 2 heteroatoms. The summed E-state index contributed by atoms with van der Waals surface area (Å²) in [4.78, 5) is 0. The topological polar surface area (TPSA) is 12.0 Å². The molecule has 0 aliphatic carbocycles. The van der Waals surface area contributed by atoms with Gasteiger partial charge in [0.1, 0.15) is 5.82 Å². The molecule has 0 bridgehead atoms. The van der Waals surface area contributed by atoms with Crippen molar-refractivity contribution in [3.05, 3.63) is 35.6 Å². The Morgan fingerprint density at radius 3 is 2.24 bits per heavy atom. The van der Waals surface area contributed by atoms with Gasteiger partial charge < -0.3 is 5.32 Å². The van der Waals surface area contributed by atoms with Gasteiger partial charge in [0.15, 0.2) is 0 Å². The Kier molecular flexibility index (Phi) is 5.13. The van der Waals surface area contributed by atoms with Gasteiger partial charge in [-0.15, -0.1) is 0 Å². The van der Waals surface area contributed by atoms with E-state index in [2.05, 4.69) is 33.0 Å². The van der Waals surface area contributed by atoms with E-state index in [0.717, 1.165) is 19.4 Å². The average molecular weight is 237 g/mol. The standard InChI is InChI=1S/C15H24FN/c1-5-7-14(17-6-2)15(3,4)12-8-10-13(16)11-9-12/h8-11,14,17H,5-7H2,1-4H3. The van der Waals surface area contributed by atoms with E-state index in [-0.39, 0.29) is 11.2 Å². The molecule has 1 N–H and O–H groups in total. The fourth-order valence-corrected chi connectivity index (χ4v) is 2.33. The van der Waals surface area contributed by atoms with Crippen molar-refractivity contribution >= 4 is 0 Å². The van der Waals surface area contributed by atoms with E-state index in [0.29, 0.717) is 6.04 Å². The van der Waals surface area contributed by atoms with E-state index >= 15 is 0 Å². The second-order valence-corrected chi connectivity index (χ2v) is 5.13. The third kappa shape index (κ3) is 3.53. The van der Waals surface area contributed by atoms with Crippen molar-refractivity contribution in [2.45, 2.75) is 52.0 Å². The number of rotatable bonds is 6. The monoisotopic (exact) mass is 237 g/mol. The molecule has 1 aromatic carbocycles. The molecule has 0 aliphatic heterocycles. The summed E-state index contributed by atoms with van der Waals surface area (Å²) in [5, 5.41) is 3.54. The molecule has 0 aliphatic rings. The van der Waals surface area contributed by atoms with Crippen LogP contribution in [0.1, 0.15) is 46.1 Å². The summed E-state index contributed by atoms with van der Waals surface area (Å²) >= 11 is 0. The smallest absolute Gasteiger partial charge is 0.123 e. The summed E-state index contributed by atoms with van der Waals surface area (Å²) in [6.07, 6.45) is 2.29. The zero-order valence-electron chi connectivity index (χ0n) is 11.4. The Morgan fingerprint density at radius 1 is 1.18 bits per heavy atom. The second kappa shape index (κ2) is 6.15. The predicted molar refractivity (Wildman–Crippen MR) is 71.8 cm³/mol. The van der Waals surface area contributed by atoms with Crippen LogP contribution in [0.5, 0.6) is 0 Å². The maximum absolute atomic E-state index is 13.0. The zero-order valence-corrected chi connectivity index (χ0v) is 11.4. The fourth-order valence-electron chi connectivity index (χ4n) is 2.33. The Morgan fingerprint density at radius 2 is 1.76 bits per heavy atom. The molecule has 0 amide bonds. The molecule has 96 valence electrons. The predicted octanol–water partition coefficient (Wildman–Crippen LogP) is 3.88. The molecule has 0 heterocycles. The van der Waals surface area contributed by atoms with Gasteiger partial charge in [-0.05, 0) is 30.7 Å². The molecule has 1 aromatic rings. The van der Waals surface area contributed by atoms with Crippen molar-refractivity contribution in [3.8, 4) is 0 Å². The molecule has 0 aromatic heterocycles. The van der Waals surface area contributed by atoms with Crippen LogP contribution < -0.4 is 5.32 Å². The quantitative estimate of drug-likeness (QED) is 0.791. The molecule has 1 atom stereocenters. The fraction of sp³-hybridized carbons (Fsp3) is 0.600. The summed E-state index contributed by atoms with van der Waals surface area (Å²) in [5.41, 5.74) is 1.22. The first-order valence-corrected chi connectivity index (χ1v) is 6.51. The van der Waals surface area contributed by atoms with Gasteiger partial charge in [-0.25, -0.2) is 4.39 Å². The van der Waals surface area contributed by atoms with E-state index in [1.807, 2.05) is 12.1 Å². The third-order valence-electron chi connectivity index (χ3n) is 3.49. The Hall–Kier alpha value is -0.890. The van der Waals surface area contributed by atoms with Gasteiger partial charge in [0.05, 0.1) is 0 Å². The third-order valence-corrected chi connectivity index (χ3v) is 3.49. The van der Waals surface area contributed by atoms with Gasteiger partial charge in [-0.3, -0.25) is 0 Å². The maximum Gasteiger partial charge on any atom is 0.123 e. The first-order chi connectivity index (χ1) is 8.02.